The summed E-state index contributed by atoms with van der Waals surface area (Å²) >= 11 is 0. The van der Waals surface area contributed by atoms with Crippen molar-refractivity contribution in [3.8, 4) is 0 Å². The first-order valence-electron chi connectivity index (χ1n) is 24.8. The van der Waals surface area contributed by atoms with Crippen molar-refractivity contribution >= 4 is 82.1 Å². The maximum Gasteiger partial charge on any atom is 0.243 e. The van der Waals surface area contributed by atoms with Crippen molar-refractivity contribution in [2.75, 3.05) is 19.6 Å². The third kappa shape index (κ3) is 18.1. The summed E-state index contributed by atoms with van der Waals surface area (Å²) in [5.41, 5.74) is 19.4. The molecule has 24 heteroatoms. The number of carbonyl (C=O) groups excluding carboxylic acids is 9. The predicted octanol–water partition coefficient (Wildman–Crippen LogP) is -1.34. The Morgan fingerprint density at radius 2 is 1.42 bits per heavy atom. The lowest BCUT2D eigenvalue weighted by atomic mass is 10.0. The molecule has 1 saturated heterocycles. The lowest BCUT2D eigenvalue weighted by molar-refractivity contribution is -0.136. The summed E-state index contributed by atoms with van der Waals surface area (Å²) < 4.78 is 0. The number of hydrogen-bond acceptors (Lipinski definition) is 12. The number of para-hydroxylation sites is 1. The van der Waals surface area contributed by atoms with Crippen molar-refractivity contribution in [1.82, 2.24) is 47.5 Å². The Balaban J connectivity index is 1.55. The number of H-pyrrole nitrogens is 1. The van der Waals surface area contributed by atoms with Gasteiger partial charge in [0.1, 0.15) is 48.6 Å². The van der Waals surface area contributed by atoms with Crippen LogP contribution in [-0.4, -0.2) is 138 Å². The highest BCUT2D eigenvalue weighted by molar-refractivity contribution is 6.03. The molecule has 0 radical (unpaired) electrons. The van der Waals surface area contributed by atoms with Gasteiger partial charge in [-0.15, -0.1) is 0 Å². The number of guanidine groups is 1. The van der Waals surface area contributed by atoms with Gasteiger partial charge in [-0.05, 0) is 55.7 Å². The molecule has 0 aliphatic carbocycles. The molecule has 2 aromatic carbocycles. The molecule has 24 nitrogen and oxygen atoms in total. The molecule has 0 spiro atoms. The number of fused-ring (bicyclic) bond motifs is 1. The standard InChI is InChI=1S/C50H69N15O9/c1-3-4-16-36(59-29(2)66)44(69)65-41-25-42(67)55-20-11-10-18-35(43(51)68)60-47(72)39(23-31-26-57-34-17-9-8-15-33(31)34)63-45(70)37(19-12-21-56-50(52)53)61-46(71)38(22-30-13-6-5-7-14-30)62-48(73)40(64-49(41)74)24-32-27-54-28-58-32/h5-9,13-15,17,26,28,35-41,57H,3-4,10-12,16,18-25,27H2,1-2H3,(H2,51,68)(H,55,67)(H,59,66)(H,60,72)(H,61,71)(H,62,73)(H,63,70)(H,64,74)(H,65,69)(H4,52,53,56)/t35-,36-,37-,38+,39-,40-,41-/m0/s1. The molecule has 2 aliphatic heterocycles. The van der Waals surface area contributed by atoms with E-state index < -0.39 is 102 Å². The largest absolute Gasteiger partial charge is 0.370 e. The van der Waals surface area contributed by atoms with Gasteiger partial charge in [0.05, 0.1) is 13.0 Å². The Bertz CT molecular complexity index is 2560. The second kappa shape index (κ2) is 28.8. The fourth-order valence-electron chi connectivity index (χ4n) is 8.44. The van der Waals surface area contributed by atoms with Crippen LogP contribution in [0.3, 0.4) is 0 Å². The van der Waals surface area contributed by atoms with Gasteiger partial charge in [-0.25, -0.2) is 4.99 Å². The Morgan fingerprint density at radius 1 is 0.770 bits per heavy atom. The second-order valence-corrected chi connectivity index (χ2v) is 18.3. The van der Waals surface area contributed by atoms with E-state index in [0.29, 0.717) is 29.7 Å². The summed E-state index contributed by atoms with van der Waals surface area (Å²) in [6.07, 6.45) is 4.22. The molecule has 3 heterocycles. The van der Waals surface area contributed by atoms with Gasteiger partial charge in [0.2, 0.25) is 53.2 Å². The normalized spacial score (nSPS) is 22.1. The molecule has 9 amide bonds. The number of aromatic nitrogens is 1. The molecule has 2 aliphatic rings. The third-order valence-corrected chi connectivity index (χ3v) is 12.4. The van der Waals surface area contributed by atoms with Crippen molar-refractivity contribution < 1.29 is 43.2 Å². The first-order chi connectivity index (χ1) is 35.5. The van der Waals surface area contributed by atoms with Crippen LogP contribution >= 0.6 is 0 Å². The lowest BCUT2D eigenvalue weighted by Crippen LogP contribution is -2.61. The maximum absolute atomic E-state index is 14.7. The molecule has 0 unspecified atom stereocenters. The highest BCUT2D eigenvalue weighted by Gasteiger charge is 2.36. The number of nitrogens with one attached hydrogen (secondary N) is 9. The zero-order valence-electron chi connectivity index (χ0n) is 41.7. The Labute approximate surface area is 428 Å². The Kier molecular flexibility index (Phi) is 22.0. The van der Waals surface area contributed by atoms with Crippen molar-refractivity contribution in [2.45, 2.75) is 133 Å². The first kappa shape index (κ1) is 56.7. The average molecular weight is 1020 g/mol. The number of rotatable bonds is 17. The van der Waals surface area contributed by atoms with Crippen LogP contribution < -0.4 is 59.7 Å². The lowest BCUT2D eigenvalue weighted by Gasteiger charge is -2.28. The van der Waals surface area contributed by atoms with Gasteiger partial charge in [0.25, 0.3) is 0 Å². The number of amides is 9. The van der Waals surface area contributed by atoms with E-state index in [1.54, 1.807) is 36.5 Å². The van der Waals surface area contributed by atoms with Crippen molar-refractivity contribution in [3.63, 3.8) is 0 Å². The van der Waals surface area contributed by atoms with Crippen LogP contribution in [0.1, 0.15) is 89.2 Å². The molecule has 3 aromatic rings. The summed E-state index contributed by atoms with van der Waals surface area (Å²) in [7, 11) is 0. The van der Waals surface area contributed by atoms with E-state index in [4.69, 9.17) is 17.2 Å². The quantitative estimate of drug-likeness (QED) is 0.0427. The Morgan fingerprint density at radius 3 is 2.09 bits per heavy atom. The van der Waals surface area contributed by atoms with Crippen molar-refractivity contribution in [2.24, 2.45) is 32.2 Å². The topological polar surface area (TPSA) is 381 Å². The minimum absolute atomic E-state index is 0.0408. The number of carbonyl (C=O) groups is 9. The maximum atomic E-state index is 14.7. The number of unbranched alkanes of at least 4 members (excludes halogenated alkanes) is 1. The van der Waals surface area contributed by atoms with Crippen LogP contribution in [0.4, 0.5) is 0 Å². The van der Waals surface area contributed by atoms with E-state index in [0.717, 1.165) is 10.9 Å². The average Bonchev–Trinajstić information content (AvgIpc) is 4.04. The van der Waals surface area contributed by atoms with Crippen molar-refractivity contribution in [1.29, 1.82) is 0 Å². The molecule has 74 heavy (non-hydrogen) atoms. The third-order valence-electron chi connectivity index (χ3n) is 12.4. The monoisotopic (exact) mass is 1020 g/mol. The summed E-state index contributed by atoms with van der Waals surface area (Å²) in [4.78, 5) is 140. The number of aromatic amines is 1. The van der Waals surface area contributed by atoms with E-state index >= 15 is 0 Å². The van der Waals surface area contributed by atoms with E-state index in [9.17, 15) is 43.2 Å². The van der Waals surface area contributed by atoms with Crippen LogP contribution in [-0.2, 0) is 56.0 Å². The summed E-state index contributed by atoms with van der Waals surface area (Å²) in [6, 6.07) is 6.67. The number of nitrogens with zero attached hydrogens (tertiary/aromatic N) is 3. The van der Waals surface area contributed by atoms with Gasteiger partial charge in [-0.2, -0.15) is 0 Å². The molecule has 5 rings (SSSR count). The molecule has 7 atom stereocenters. The minimum Gasteiger partial charge on any atom is -0.370 e. The fourth-order valence-corrected chi connectivity index (χ4v) is 8.44. The Hall–Kier alpha value is -8.18. The van der Waals surface area contributed by atoms with Crippen LogP contribution in [0.5, 0.6) is 0 Å². The van der Waals surface area contributed by atoms with Gasteiger partial charge >= 0.3 is 0 Å². The van der Waals surface area contributed by atoms with Gasteiger partial charge in [0, 0.05) is 62.1 Å². The number of primary amides is 1. The smallest absolute Gasteiger partial charge is 0.243 e. The molecular weight excluding hydrogens is 955 g/mol. The van der Waals surface area contributed by atoms with E-state index in [2.05, 4.69) is 62.5 Å². The molecule has 0 saturated carbocycles. The minimum atomic E-state index is -1.58. The van der Waals surface area contributed by atoms with Gasteiger partial charge in [-0.1, -0.05) is 68.3 Å². The summed E-state index contributed by atoms with van der Waals surface area (Å²) in [5, 5.41) is 22.4. The molecular formula is C50H69N15O9. The SMILES string of the molecule is CCCC[C@H](NC(C)=O)C(=O)N[C@H]1CC(=O)NCCCC[C@@H](C(N)=O)NC(=O)[C@H](Cc2c[nH]c3ccccc23)NC(=O)[C@H](CCCN=C(N)N)NC(=O)[C@@H](Cc2ccccc2)NC(=O)[C@H](CC2=NC=NC2)NC1=O. The number of nitrogens with two attached hydrogens (primary N) is 3. The van der Waals surface area contributed by atoms with E-state index in [-0.39, 0.29) is 83.4 Å². The second-order valence-electron chi connectivity index (χ2n) is 18.3. The van der Waals surface area contributed by atoms with Crippen molar-refractivity contribution in [3.05, 3.63) is 71.9 Å². The van der Waals surface area contributed by atoms with Gasteiger partial charge in [0.15, 0.2) is 5.96 Å². The highest BCUT2D eigenvalue weighted by Crippen LogP contribution is 2.20. The summed E-state index contributed by atoms with van der Waals surface area (Å²) in [5.74, 6) is -7.10. The molecule has 1 aromatic heterocycles. The van der Waals surface area contributed by atoms with Gasteiger partial charge < -0.3 is 64.7 Å². The van der Waals surface area contributed by atoms with E-state index in [1.807, 2.05) is 31.2 Å². The molecule has 398 valence electrons. The number of benzene rings is 2. The number of aliphatic imine (C=N–C) groups is 3. The number of hydrogen-bond donors (Lipinski definition) is 12. The van der Waals surface area contributed by atoms with Crippen LogP contribution in [0.15, 0.2) is 75.8 Å². The van der Waals surface area contributed by atoms with E-state index in [1.165, 1.54) is 13.3 Å². The zero-order chi connectivity index (χ0) is 53.6. The highest BCUT2D eigenvalue weighted by atomic mass is 16.2. The zero-order valence-corrected chi connectivity index (χ0v) is 41.7. The molecule has 0 bridgehead atoms. The van der Waals surface area contributed by atoms with Crippen LogP contribution in [0, 0.1) is 0 Å². The van der Waals surface area contributed by atoms with Crippen LogP contribution in [0.2, 0.25) is 0 Å². The fraction of sp³-hybridized carbons (Fsp3) is 0.480. The summed E-state index contributed by atoms with van der Waals surface area (Å²) in [6.45, 7) is 3.36. The first-order valence-corrected chi connectivity index (χ1v) is 24.8. The van der Waals surface area contributed by atoms with Gasteiger partial charge in [-0.3, -0.25) is 53.1 Å². The van der Waals surface area contributed by atoms with Crippen LogP contribution in [0.25, 0.3) is 10.9 Å². The molecule has 1 fully saturated rings. The molecule has 15 N–H and O–H groups in total. The predicted molar refractivity (Wildman–Crippen MR) is 277 cm³/mol.